The highest BCUT2D eigenvalue weighted by atomic mass is 32.2. The summed E-state index contributed by atoms with van der Waals surface area (Å²) in [6.07, 6.45) is 1.50. The molecule has 0 radical (unpaired) electrons. The number of rotatable bonds is 4. The Morgan fingerprint density at radius 2 is 1.83 bits per heavy atom. The van der Waals surface area contributed by atoms with E-state index in [1.165, 1.54) is 29.2 Å². The zero-order valence-corrected chi connectivity index (χ0v) is 13.2. The summed E-state index contributed by atoms with van der Waals surface area (Å²) in [5.41, 5.74) is 1.30. The first kappa shape index (κ1) is 15.9. The van der Waals surface area contributed by atoms with Crippen LogP contribution in [0, 0.1) is 10.1 Å². The summed E-state index contributed by atoms with van der Waals surface area (Å²) < 4.78 is 0. The van der Waals surface area contributed by atoms with Gasteiger partial charge in [0.2, 0.25) is 0 Å². The van der Waals surface area contributed by atoms with Crippen molar-refractivity contribution in [1.82, 2.24) is 4.90 Å². The van der Waals surface area contributed by atoms with E-state index >= 15 is 0 Å². The lowest BCUT2D eigenvalue weighted by Crippen LogP contribution is -2.27. The highest BCUT2D eigenvalue weighted by Crippen LogP contribution is 2.33. The van der Waals surface area contributed by atoms with Gasteiger partial charge in [-0.2, -0.15) is 0 Å². The minimum Gasteiger partial charge on any atom is -0.268 e. The topological polar surface area (TPSA) is 80.5 Å². The Morgan fingerprint density at radius 1 is 1.08 bits per heavy atom. The Hall–Kier alpha value is -2.93. The van der Waals surface area contributed by atoms with Crippen molar-refractivity contribution in [2.24, 2.45) is 0 Å². The van der Waals surface area contributed by atoms with Crippen molar-refractivity contribution >= 4 is 34.7 Å². The van der Waals surface area contributed by atoms with Gasteiger partial charge in [-0.25, -0.2) is 0 Å². The van der Waals surface area contributed by atoms with Crippen molar-refractivity contribution in [3.8, 4) is 0 Å². The van der Waals surface area contributed by atoms with Gasteiger partial charge in [-0.3, -0.25) is 24.6 Å². The number of hydrogen-bond donors (Lipinski definition) is 0. The lowest BCUT2D eigenvalue weighted by molar-refractivity contribution is -0.384. The van der Waals surface area contributed by atoms with Crippen LogP contribution in [0.3, 0.4) is 0 Å². The molecule has 2 aromatic carbocycles. The third-order valence-corrected chi connectivity index (χ3v) is 4.34. The quantitative estimate of drug-likeness (QED) is 0.480. The summed E-state index contributed by atoms with van der Waals surface area (Å²) in [6.45, 7) is 0.206. The number of nitrogens with zero attached hydrogens (tertiary/aromatic N) is 2. The van der Waals surface area contributed by atoms with Gasteiger partial charge in [0.1, 0.15) is 0 Å². The maximum absolute atomic E-state index is 12.4. The molecule has 0 spiro atoms. The summed E-state index contributed by atoms with van der Waals surface area (Å²) in [7, 11) is 0. The van der Waals surface area contributed by atoms with Crippen LogP contribution >= 0.6 is 11.8 Å². The van der Waals surface area contributed by atoms with E-state index in [0.717, 1.165) is 17.3 Å². The van der Waals surface area contributed by atoms with E-state index in [4.69, 9.17) is 0 Å². The molecule has 0 N–H and O–H groups in total. The highest BCUT2D eigenvalue weighted by Gasteiger charge is 2.34. The van der Waals surface area contributed by atoms with Crippen LogP contribution in [0.15, 0.2) is 59.5 Å². The maximum atomic E-state index is 12.4. The van der Waals surface area contributed by atoms with Gasteiger partial charge in [0.15, 0.2) is 0 Å². The van der Waals surface area contributed by atoms with E-state index in [0.29, 0.717) is 5.56 Å². The highest BCUT2D eigenvalue weighted by molar-refractivity contribution is 8.18. The molecule has 0 atom stereocenters. The fraction of sp³-hybridized carbons (Fsp3) is 0.0588. The van der Waals surface area contributed by atoms with Crippen molar-refractivity contribution in [2.75, 3.05) is 0 Å². The molecule has 6 nitrogen and oxygen atoms in total. The fourth-order valence-corrected chi connectivity index (χ4v) is 3.12. The van der Waals surface area contributed by atoms with Crippen molar-refractivity contribution in [3.05, 3.63) is 80.7 Å². The van der Waals surface area contributed by atoms with E-state index in [1.54, 1.807) is 6.07 Å². The van der Waals surface area contributed by atoms with E-state index in [9.17, 15) is 19.7 Å². The number of hydrogen-bond acceptors (Lipinski definition) is 5. The molecule has 3 rings (SSSR count). The molecule has 0 bridgehead atoms. The maximum Gasteiger partial charge on any atom is 0.293 e. The molecule has 7 heteroatoms. The standard InChI is InChI=1S/C17H12N2O4S/c20-16-15(10-13-7-4-8-14(9-13)19(22)23)24-17(21)18(16)11-12-5-2-1-3-6-12/h1-10H,11H2/b15-10+. The molecule has 120 valence electrons. The molecule has 0 unspecified atom stereocenters. The number of benzene rings is 2. The van der Waals surface area contributed by atoms with Gasteiger partial charge in [0.05, 0.1) is 16.4 Å². The molecular weight excluding hydrogens is 328 g/mol. The first-order valence-electron chi connectivity index (χ1n) is 7.08. The molecule has 0 saturated carbocycles. The molecule has 1 fully saturated rings. The van der Waals surface area contributed by atoms with Crippen molar-refractivity contribution < 1.29 is 14.5 Å². The summed E-state index contributed by atoms with van der Waals surface area (Å²) >= 11 is 0.839. The molecule has 1 aliphatic rings. The number of amides is 2. The molecule has 24 heavy (non-hydrogen) atoms. The first-order chi connectivity index (χ1) is 11.5. The lowest BCUT2D eigenvalue weighted by atomic mass is 10.2. The normalized spacial score (nSPS) is 16.0. The van der Waals surface area contributed by atoms with Crippen molar-refractivity contribution in [3.63, 3.8) is 0 Å². The molecular formula is C17H12N2O4S. The van der Waals surface area contributed by atoms with E-state index < -0.39 is 4.92 Å². The van der Waals surface area contributed by atoms with Gasteiger partial charge >= 0.3 is 0 Å². The Morgan fingerprint density at radius 3 is 2.54 bits per heavy atom. The first-order valence-corrected chi connectivity index (χ1v) is 7.90. The van der Waals surface area contributed by atoms with E-state index in [-0.39, 0.29) is 28.3 Å². The van der Waals surface area contributed by atoms with Crippen LogP contribution in [0.5, 0.6) is 0 Å². The molecule has 1 heterocycles. The summed E-state index contributed by atoms with van der Waals surface area (Å²) in [4.78, 5) is 36.3. The van der Waals surface area contributed by atoms with Crippen molar-refractivity contribution in [1.29, 1.82) is 0 Å². The Kier molecular flexibility index (Phi) is 4.43. The van der Waals surface area contributed by atoms with Gasteiger partial charge in [0.25, 0.3) is 16.8 Å². The van der Waals surface area contributed by atoms with Crippen molar-refractivity contribution in [2.45, 2.75) is 6.54 Å². The Labute approximate surface area is 141 Å². The molecule has 0 aliphatic carbocycles. The number of imide groups is 1. The lowest BCUT2D eigenvalue weighted by Gasteiger charge is -2.12. The summed E-state index contributed by atoms with van der Waals surface area (Å²) in [5, 5.41) is 10.5. The molecule has 2 amide bonds. The van der Waals surface area contributed by atoms with E-state index in [1.807, 2.05) is 30.3 Å². The fourth-order valence-electron chi connectivity index (χ4n) is 2.28. The average molecular weight is 340 g/mol. The monoisotopic (exact) mass is 340 g/mol. The summed E-state index contributed by atoms with van der Waals surface area (Å²) in [6, 6.07) is 15.2. The molecule has 2 aromatic rings. The Bertz CT molecular complexity index is 849. The zero-order valence-electron chi connectivity index (χ0n) is 12.4. The third kappa shape index (κ3) is 3.36. The minimum atomic E-state index is -0.502. The SMILES string of the molecule is O=C1S/C(=C/c2cccc([N+](=O)[O-])c2)C(=O)N1Cc1ccccc1. The minimum absolute atomic E-state index is 0.0627. The van der Waals surface area contributed by atoms with Gasteiger partial charge in [-0.15, -0.1) is 0 Å². The predicted octanol–water partition coefficient (Wildman–Crippen LogP) is 3.83. The van der Waals surface area contributed by atoms with Gasteiger partial charge < -0.3 is 0 Å². The van der Waals surface area contributed by atoms with Gasteiger partial charge in [0, 0.05) is 12.1 Å². The van der Waals surface area contributed by atoms with Crippen LogP contribution in [0.2, 0.25) is 0 Å². The van der Waals surface area contributed by atoms with Gasteiger partial charge in [-0.1, -0.05) is 42.5 Å². The number of carbonyl (C=O) groups is 2. The number of thioether (sulfide) groups is 1. The second-order valence-corrected chi connectivity index (χ2v) is 6.10. The number of non-ortho nitro benzene ring substituents is 1. The largest absolute Gasteiger partial charge is 0.293 e. The van der Waals surface area contributed by atoms with Crippen LogP contribution < -0.4 is 0 Å². The second kappa shape index (κ2) is 6.67. The number of nitro benzene ring substituents is 1. The zero-order chi connectivity index (χ0) is 17.1. The smallest absolute Gasteiger partial charge is 0.268 e. The van der Waals surface area contributed by atoms with Crippen LogP contribution in [-0.4, -0.2) is 21.0 Å². The summed E-state index contributed by atoms with van der Waals surface area (Å²) in [5.74, 6) is -0.389. The number of carbonyl (C=O) groups excluding carboxylic acids is 2. The predicted molar refractivity (Wildman–Crippen MR) is 91.1 cm³/mol. The second-order valence-electron chi connectivity index (χ2n) is 5.11. The number of nitro groups is 1. The molecule has 1 aliphatic heterocycles. The van der Waals surface area contributed by atoms with Crippen LogP contribution in [0.1, 0.15) is 11.1 Å². The van der Waals surface area contributed by atoms with E-state index in [2.05, 4.69) is 0 Å². The Balaban J connectivity index is 1.83. The molecule has 0 aromatic heterocycles. The van der Waals surface area contributed by atoms with Crippen LogP contribution in [0.4, 0.5) is 10.5 Å². The van der Waals surface area contributed by atoms with Crippen LogP contribution in [0.25, 0.3) is 6.08 Å². The van der Waals surface area contributed by atoms with Crippen LogP contribution in [-0.2, 0) is 11.3 Å². The average Bonchev–Trinajstić information content (AvgIpc) is 2.83. The van der Waals surface area contributed by atoms with Gasteiger partial charge in [-0.05, 0) is 29.0 Å². The molecule has 1 saturated heterocycles. The third-order valence-electron chi connectivity index (χ3n) is 3.44.